The molecule has 0 bridgehead atoms. The van der Waals surface area contributed by atoms with E-state index in [4.69, 9.17) is 21.9 Å². The third-order valence-electron chi connectivity index (χ3n) is 7.07. The maximum absolute atomic E-state index is 14.4. The SMILES string of the molecule is NCCCC[C@H](N)C(=O)OCc1ccc(F)cc1-c1ccc2nc(N)nc(C(=O)N3Cc4ccccc4C3)c2c1. The van der Waals surface area contributed by atoms with Gasteiger partial charge in [-0.05, 0) is 71.5 Å². The topological polar surface area (TPSA) is 150 Å². The number of nitrogen functional groups attached to an aromatic ring is 1. The second kappa shape index (κ2) is 11.8. The first-order valence-electron chi connectivity index (χ1n) is 13.2. The smallest absolute Gasteiger partial charge is 0.323 e. The summed E-state index contributed by atoms with van der Waals surface area (Å²) in [6.45, 7) is 1.37. The van der Waals surface area contributed by atoms with Crippen molar-refractivity contribution in [1.29, 1.82) is 0 Å². The average molecular weight is 543 g/mol. The van der Waals surface area contributed by atoms with Crippen LogP contribution < -0.4 is 17.2 Å². The third kappa shape index (κ3) is 5.78. The van der Waals surface area contributed by atoms with Gasteiger partial charge in [0.05, 0.1) is 5.52 Å². The molecular formula is C30H31FN6O3. The van der Waals surface area contributed by atoms with Gasteiger partial charge in [0, 0.05) is 18.5 Å². The van der Waals surface area contributed by atoms with Gasteiger partial charge in [-0.25, -0.2) is 14.4 Å². The molecule has 206 valence electrons. The maximum atomic E-state index is 14.4. The Bertz CT molecular complexity index is 1550. The lowest BCUT2D eigenvalue weighted by Gasteiger charge is -2.17. The minimum Gasteiger partial charge on any atom is -0.460 e. The van der Waals surface area contributed by atoms with E-state index in [0.717, 1.165) is 24.0 Å². The Labute approximate surface area is 231 Å². The number of esters is 1. The Morgan fingerprint density at radius 1 is 1.00 bits per heavy atom. The summed E-state index contributed by atoms with van der Waals surface area (Å²) in [6.07, 6.45) is 1.97. The molecule has 0 radical (unpaired) electrons. The standard InChI is InChI=1S/C30H31FN6O3/c31-22-10-8-21(17-40-29(39)25(33)7-3-4-12-32)23(14-22)18-9-11-26-24(13-18)27(36-30(34)35-26)28(38)37-15-19-5-1-2-6-20(19)16-37/h1-2,5-6,8-11,13-14,25H,3-4,7,12,15-17,32-33H2,(H2,34,35,36)/t25-/m0/s1. The molecule has 1 atom stereocenters. The molecule has 2 heterocycles. The fourth-order valence-corrected chi connectivity index (χ4v) is 4.93. The highest BCUT2D eigenvalue weighted by atomic mass is 19.1. The minimum absolute atomic E-state index is 0.0125. The van der Waals surface area contributed by atoms with Gasteiger partial charge in [0.1, 0.15) is 24.2 Å². The summed E-state index contributed by atoms with van der Waals surface area (Å²) in [7, 11) is 0. The first-order valence-corrected chi connectivity index (χ1v) is 13.2. The summed E-state index contributed by atoms with van der Waals surface area (Å²) < 4.78 is 19.9. The van der Waals surface area contributed by atoms with Crippen molar-refractivity contribution >= 4 is 28.7 Å². The van der Waals surface area contributed by atoms with Crippen molar-refractivity contribution in [3.05, 3.63) is 88.9 Å². The third-order valence-corrected chi connectivity index (χ3v) is 7.07. The molecular weight excluding hydrogens is 511 g/mol. The molecule has 40 heavy (non-hydrogen) atoms. The summed E-state index contributed by atoms with van der Waals surface area (Å²) in [4.78, 5) is 36.4. The Morgan fingerprint density at radius 2 is 1.75 bits per heavy atom. The molecule has 3 aromatic carbocycles. The van der Waals surface area contributed by atoms with Gasteiger partial charge in [-0.1, -0.05) is 42.8 Å². The highest BCUT2D eigenvalue weighted by molar-refractivity contribution is 6.06. The molecule has 6 N–H and O–H groups in total. The number of rotatable bonds is 9. The Balaban J connectivity index is 1.44. The van der Waals surface area contributed by atoms with Gasteiger partial charge in [-0.2, -0.15) is 0 Å². The van der Waals surface area contributed by atoms with Crippen LogP contribution in [-0.4, -0.2) is 39.3 Å². The summed E-state index contributed by atoms with van der Waals surface area (Å²) in [5.74, 6) is -1.27. The molecule has 4 aromatic rings. The van der Waals surface area contributed by atoms with Crippen molar-refractivity contribution in [3.63, 3.8) is 0 Å². The number of hydrogen-bond acceptors (Lipinski definition) is 8. The average Bonchev–Trinajstić information content (AvgIpc) is 3.40. The number of aromatic nitrogens is 2. The van der Waals surface area contributed by atoms with Crippen molar-refractivity contribution in [2.24, 2.45) is 11.5 Å². The fourth-order valence-electron chi connectivity index (χ4n) is 4.93. The predicted molar refractivity (Wildman–Crippen MR) is 150 cm³/mol. The number of anilines is 1. The van der Waals surface area contributed by atoms with Crippen LogP contribution in [0.3, 0.4) is 0 Å². The van der Waals surface area contributed by atoms with Crippen molar-refractivity contribution in [2.75, 3.05) is 12.3 Å². The van der Waals surface area contributed by atoms with E-state index in [1.807, 2.05) is 24.3 Å². The fraction of sp³-hybridized carbons (Fsp3) is 0.267. The van der Waals surface area contributed by atoms with E-state index in [-0.39, 0.29) is 24.2 Å². The van der Waals surface area contributed by atoms with Crippen LogP contribution in [0.4, 0.5) is 10.3 Å². The zero-order chi connectivity index (χ0) is 28.2. The lowest BCUT2D eigenvalue weighted by Crippen LogP contribution is -2.32. The molecule has 0 aliphatic carbocycles. The monoisotopic (exact) mass is 542 g/mol. The number of amides is 1. The Morgan fingerprint density at radius 3 is 2.48 bits per heavy atom. The molecule has 0 unspecified atom stereocenters. The van der Waals surface area contributed by atoms with Crippen molar-refractivity contribution in [3.8, 4) is 11.1 Å². The lowest BCUT2D eigenvalue weighted by molar-refractivity contribution is -0.146. The number of unbranched alkanes of at least 4 members (excludes halogenated alkanes) is 1. The van der Waals surface area contributed by atoms with Crippen LogP contribution in [0.2, 0.25) is 0 Å². The minimum atomic E-state index is -0.760. The van der Waals surface area contributed by atoms with E-state index in [2.05, 4.69) is 9.97 Å². The zero-order valence-corrected chi connectivity index (χ0v) is 22.0. The maximum Gasteiger partial charge on any atom is 0.323 e. The van der Waals surface area contributed by atoms with Crippen LogP contribution >= 0.6 is 0 Å². The number of nitrogens with two attached hydrogens (primary N) is 3. The number of carbonyl (C=O) groups is 2. The predicted octanol–water partition coefficient (Wildman–Crippen LogP) is 3.67. The molecule has 0 spiro atoms. The van der Waals surface area contributed by atoms with Crippen LogP contribution in [0.1, 0.15) is 46.4 Å². The Kier molecular flexibility index (Phi) is 7.99. The van der Waals surface area contributed by atoms with E-state index in [1.54, 1.807) is 29.2 Å². The van der Waals surface area contributed by atoms with Crippen molar-refractivity contribution in [2.45, 2.75) is 45.0 Å². The van der Waals surface area contributed by atoms with E-state index < -0.39 is 17.8 Å². The first-order chi connectivity index (χ1) is 19.3. The van der Waals surface area contributed by atoms with E-state index in [0.29, 0.717) is 53.6 Å². The highest BCUT2D eigenvalue weighted by Gasteiger charge is 2.27. The number of nitrogens with zero attached hydrogens (tertiary/aromatic N) is 3. The van der Waals surface area contributed by atoms with Crippen LogP contribution in [0.15, 0.2) is 60.7 Å². The molecule has 1 amide bonds. The van der Waals surface area contributed by atoms with Gasteiger partial charge in [0.15, 0.2) is 0 Å². The molecule has 9 nitrogen and oxygen atoms in total. The molecule has 1 aromatic heterocycles. The Hall–Kier alpha value is -4.41. The lowest BCUT2D eigenvalue weighted by atomic mass is 9.97. The first kappa shape index (κ1) is 27.2. The molecule has 5 rings (SSSR count). The van der Waals surface area contributed by atoms with Gasteiger partial charge in [0.25, 0.3) is 5.91 Å². The number of ether oxygens (including phenoxy) is 1. The molecule has 1 aliphatic rings. The van der Waals surface area contributed by atoms with E-state index in [9.17, 15) is 14.0 Å². The quantitative estimate of drug-likeness (QED) is 0.214. The van der Waals surface area contributed by atoms with Crippen LogP contribution in [0, 0.1) is 5.82 Å². The van der Waals surface area contributed by atoms with Crippen LogP contribution in [0.25, 0.3) is 22.0 Å². The van der Waals surface area contributed by atoms with E-state index in [1.165, 1.54) is 12.1 Å². The second-order valence-corrected chi connectivity index (χ2v) is 9.89. The zero-order valence-electron chi connectivity index (χ0n) is 22.0. The van der Waals surface area contributed by atoms with Gasteiger partial charge in [-0.3, -0.25) is 9.59 Å². The van der Waals surface area contributed by atoms with Crippen molar-refractivity contribution in [1.82, 2.24) is 14.9 Å². The number of hydrogen-bond donors (Lipinski definition) is 3. The van der Waals surface area contributed by atoms with Gasteiger partial charge in [-0.15, -0.1) is 0 Å². The largest absolute Gasteiger partial charge is 0.460 e. The summed E-state index contributed by atoms with van der Waals surface area (Å²) >= 11 is 0. The molecule has 0 saturated carbocycles. The second-order valence-electron chi connectivity index (χ2n) is 9.89. The highest BCUT2D eigenvalue weighted by Crippen LogP contribution is 2.31. The van der Waals surface area contributed by atoms with Gasteiger partial charge in [0.2, 0.25) is 5.95 Å². The summed E-state index contributed by atoms with van der Waals surface area (Å²) in [5, 5.41) is 0.488. The molecule has 1 aliphatic heterocycles. The number of carbonyl (C=O) groups excluding carboxylic acids is 2. The number of halogens is 1. The normalized spacial score (nSPS) is 13.3. The van der Waals surface area contributed by atoms with Gasteiger partial charge < -0.3 is 26.8 Å². The van der Waals surface area contributed by atoms with E-state index >= 15 is 0 Å². The van der Waals surface area contributed by atoms with Crippen molar-refractivity contribution < 1.29 is 18.7 Å². The molecule has 10 heteroatoms. The summed E-state index contributed by atoms with van der Waals surface area (Å²) in [5.41, 5.74) is 22.0. The molecule has 0 saturated heterocycles. The number of fused-ring (bicyclic) bond motifs is 2. The van der Waals surface area contributed by atoms with Crippen LogP contribution in [-0.2, 0) is 29.2 Å². The number of benzene rings is 3. The summed E-state index contributed by atoms with van der Waals surface area (Å²) in [6, 6.07) is 16.6. The van der Waals surface area contributed by atoms with Crippen LogP contribution in [0.5, 0.6) is 0 Å². The molecule has 0 fully saturated rings. The van der Waals surface area contributed by atoms with Gasteiger partial charge >= 0.3 is 5.97 Å².